The molecule has 1 saturated heterocycles. The fraction of sp³-hybridized carbons (Fsp3) is 0.909. The van der Waals surface area contributed by atoms with Crippen LogP contribution in [-0.2, 0) is 29.4 Å². The van der Waals surface area contributed by atoms with Gasteiger partial charge in [0.15, 0.2) is 0 Å². The number of sulfonamides is 1. The Morgan fingerprint density at radius 2 is 1.85 bits per heavy atom. The van der Waals surface area contributed by atoms with E-state index in [-0.39, 0.29) is 37.4 Å². The van der Waals surface area contributed by atoms with Crippen molar-refractivity contribution in [2.75, 3.05) is 31.7 Å². The minimum atomic E-state index is -3.67. The molecule has 0 aromatic heterocycles. The monoisotopic (exact) mass is 327 g/mol. The quantitative estimate of drug-likeness (QED) is 0.626. The number of esters is 1. The maximum absolute atomic E-state index is 12.5. The van der Waals surface area contributed by atoms with Gasteiger partial charge in [-0.05, 0) is 19.3 Å². The summed E-state index contributed by atoms with van der Waals surface area (Å²) in [6.07, 6.45) is 0.749. The summed E-state index contributed by atoms with van der Waals surface area (Å²) in [5, 5.41) is -0.734. The zero-order valence-electron chi connectivity index (χ0n) is 11.7. The second-order valence-electron chi connectivity index (χ2n) is 4.81. The molecule has 0 saturated carbocycles. The van der Waals surface area contributed by atoms with Gasteiger partial charge in [-0.3, -0.25) is 4.79 Å². The summed E-state index contributed by atoms with van der Waals surface area (Å²) in [7, 11) is -5.59. The van der Waals surface area contributed by atoms with E-state index in [0.717, 1.165) is 4.31 Å². The van der Waals surface area contributed by atoms with Crippen LogP contribution in [0.5, 0.6) is 0 Å². The van der Waals surface area contributed by atoms with Crippen LogP contribution in [0, 0.1) is 0 Å². The molecule has 0 unspecified atom stereocenters. The number of ether oxygens (including phenoxy) is 1. The first-order valence-electron chi connectivity index (χ1n) is 6.49. The highest BCUT2D eigenvalue weighted by atomic mass is 32.2. The number of nitrogens with zero attached hydrogens (tertiary/aromatic N) is 1. The average molecular weight is 327 g/mol. The molecule has 0 amide bonds. The standard InChI is InChI=1S/C11H21NO6S2/c1-3-6-12(9-11(13)18-2)20(16,17)10-4-7-19(14,15)8-5-10/h10H,3-9H2,1-2H3. The third kappa shape index (κ3) is 4.42. The number of methoxy groups -OCH3 is 1. The minimum Gasteiger partial charge on any atom is -0.468 e. The van der Waals surface area contributed by atoms with Crippen LogP contribution in [-0.4, -0.2) is 64.1 Å². The van der Waals surface area contributed by atoms with Crippen molar-refractivity contribution in [1.29, 1.82) is 0 Å². The summed E-state index contributed by atoms with van der Waals surface area (Å²) < 4.78 is 53.2. The lowest BCUT2D eigenvalue weighted by atomic mass is 10.2. The number of carbonyl (C=O) groups excluding carboxylic acids is 1. The number of hydrogen-bond donors (Lipinski definition) is 0. The van der Waals surface area contributed by atoms with E-state index in [1.807, 2.05) is 6.92 Å². The highest BCUT2D eigenvalue weighted by Gasteiger charge is 2.37. The van der Waals surface area contributed by atoms with Crippen LogP contribution in [0.2, 0.25) is 0 Å². The first-order valence-corrected chi connectivity index (χ1v) is 9.81. The first-order chi connectivity index (χ1) is 9.23. The van der Waals surface area contributed by atoms with E-state index >= 15 is 0 Å². The van der Waals surface area contributed by atoms with Gasteiger partial charge in [0.25, 0.3) is 0 Å². The minimum absolute atomic E-state index is 0.0893. The molecule has 118 valence electrons. The van der Waals surface area contributed by atoms with Crippen molar-refractivity contribution in [2.45, 2.75) is 31.4 Å². The third-order valence-corrected chi connectivity index (χ3v) is 7.35. The van der Waals surface area contributed by atoms with Crippen molar-refractivity contribution in [3.63, 3.8) is 0 Å². The van der Waals surface area contributed by atoms with Gasteiger partial charge < -0.3 is 4.74 Å². The predicted molar refractivity (Wildman–Crippen MR) is 74.5 cm³/mol. The zero-order valence-corrected chi connectivity index (χ0v) is 13.4. The summed E-state index contributed by atoms with van der Waals surface area (Å²) in [6.45, 7) is 1.71. The van der Waals surface area contributed by atoms with E-state index in [4.69, 9.17) is 0 Å². The first kappa shape index (κ1) is 17.4. The molecule has 1 fully saturated rings. The molecule has 20 heavy (non-hydrogen) atoms. The van der Waals surface area contributed by atoms with Crippen molar-refractivity contribution in [3.05, 3.63) is 0 Å². The molecule has 1 heterocycles. The van der Waals surface area contributed by atoms with E-state index in [1.165, 1.54) is 7.11 Å². The predicted octanol–water partition coefficient (Wildman–Crippen LogP) is -0.222. The Kier molecular flexibility index (Phi) is 5.96. The van der Waals surface area contributed by atoms with Gasteiger partial charge in [0.05, 0.1) is 23.9 Å². The van der Waals surface area contributed by atoms with E-state index < -0.39 is 31.1 Å². The lowest BCUT2D eigenvalue weighted by Crippen LogP contribution is -2.45. The van der Waals surface area contributed by atoms with E-state index in [1.54, 1.807) is 0 Å². The molecular formula is C11H21NO6S2. The van der Waals surface area contributed by atoms with Gasteiger partial charge in [0, 0.05) is 6.54 Å². The van der Waals surface area contributed by atoms with E-state index in [2.05, 4.69) is 4.74 Å². The number of rotatable bonds is 6. The van der Waals surface area contributed by atoms with Gasteiger partial charge >= 0.3 is 5.97 Å². The number of carbonyl (C=O) groups is 1. The van der Waals surface area contributed by atoms with Gasteiger partial charge in [0.1, 0.15) is 16.4 Å². The molecule has 0 N–H and O–H groups in total. The molecule has 0 aromatic rings. The van der Waals surface area contributed by atoms with Crippen LogP contribution in [0.1, 0.15) is 26.2 Å². The van der Waals surface area contributed by atoms with Gasteiger partial charge in [-0.2, -0.15) is 4.31 Å². The fourth-order valence-electron chi connectivity index (χ4n) is 2.13. The normalized spacial score (nSPS) is 19.9. The SMILES string of the molecule is CCCN(CC(=O)OC)S(=O)(=O)C1CCS(=O)(=O)CC1. The molecule has 1 rings (SSSR count). The summed E-state index contributed by atoms with van der Waals surface area (Å²) in [5.74, 6) is -0.852. The average Bonchev–Trinajstić information content (AvgIpc) is 2.37. The molecule has 7 nitrogen and oxygen atoms in total. The Hall–Kier alpha value is -0.670. The second-order valence-corrected chi connectivity index (χ2v) is 9.32. The van der Waals surface area contributed by atoms with Gasteiger partial charge in [-0.25, -0.2) is 16.8 Å². The Labute approximate surface area is 120 Å². The van der Waals surface area contributed by atoms with E-state index in [0.29, 0.717) is 6.42 Å². The van der Waals surface area contributed by atoms with Crippen LogP contribution >= 0.6 is 0 Å². The maximum Gasteiger partial charge on any atom is 0.321 e. The number of sulfone groups is 1. The maximum atomic E-state index is 12.5. The largest absolute Gasteiger partial charge is 0.468 e. The molecule has 0 spiro atoms. The summed E-state index contributed by atoms with van der Waals surface area (Å²) >= 11 is 0. The van der Waals surface area contributed by atoms with Crippen molar-refractivity contribution >= 4 is 25.8 Å². The summed E-state index contributed by atoms with van der Waals surface area (Å²) in [5.41, 5.74) is 0. The van der Waals surface area contributed by atoms with Crippen LogP contribution in [0.25, 0.3) is 0 Å². The molecule has 0 aliphatic carbocycles. The van der Waals surface area contributed by atoms with Crippen LogP contribution in [0.15, 0.2) is 0 Å². The molecule has 1 aliphatic rings. The van der Waals surface area contributed by atoms with Crippen molar-refractivity contribution < 1.29 is 26.4 Å². The molecule has 0 aromatic carbocycles. The van der Waals surface area contributed by atoms with E-state index in [9.17, 15) is 21.6 Å². The summed E-state index contributed by atoms with van der Waals surface area (Å²) in [4.78, 5) is 11.3. The number of hydrogen-bond acceptors (Lipinski definition) is 6. The third-order valence-electron chi connectivity index (χ3n) is 3.29. The van der Waals surface area contributed by atoms with Crippen LogP contribution < -0.4 is 0 Å². The summed E-state index contributed by atoms with van der Waals surface area (Å²) in [6, 6.07) is 0. The zero-order chi connectivity index (χ0) is 15.4. The second kappa shape index (κ2) is 6.86. The molecule has 0 radical (unpaired) electrons. The Bertz CT molecular complexity index is 525. The molecule has 0 bridgehead atoms. The van der Waals surface area contributed by atoms with Gasteiger partial charge in [-0.1, -0.05) is 6.92 Å². The highest BCUT2D eigenvalue weighted by molar-refractivity contribution is 7.92. The van der Waals surface area contributed by atoms with Crippen molar-refractivity contribution in [3.8, 4) is 0 Å². The van der Waals surface area contributed by atoms with Gasteiger partial charge in [-0.15, -0.1) is 0 Å². The van der Waals surface area contributed by atoms with Crippen molar-refractivity contribution in [2.24, 2.45) is 0 Å². The molecule has 9 heteroatoms. The fourth-order valence-corrected chi connectivity index (χ4v) is 5.90. The highest BCUT2D eigenvalue weighted by Crippen LogP contribution is 2.22. The Morgan fingerprint density at radius 3 is 2.30 bits per heavy atom. The van der Waals surface area contributed by atoms with Crippen LogP contribution in [0.4, 0.5) is 0 Å². The molecular weight excluding hydrogens is 306 g/mol. The Balaban J connectivity index is 2.85. The topological polar surface area (TPSA) is 97.8 Å². The lowest BCUT2D eigenvalue weighted by molar-refractivity contribution is -0.140. The Morgan fingerprint density at radius 1 is 1.30 bits per heavy atom. The van der Waals surface area contributed by atoms with Crippen molar-refractivity contribution in [1.82, 2.24) is 4.31 Å². The smallest absolute Gasteiger partial charge is 0.321 e. The lowest BCUT2D eigenvalue weighted by Gasteiger charge is -2.28. The van der Waals surface area contributed by atoms with Crippen LogP contribution in [0.3, 0.4) is 0 Å². The van der Waals surface area contributed by atoms with Gasteiger partial charge in [0.2, 0.25) is 10.0 Å². The molecule has 0 atom stereocenters. The molecule has 1 aliphatic heterocycles.